The van der Waals surface area contributed by atoms with Gasteiger partial charge in [-0.2, -0.15) is 0 Å². The Labute approximate surface area is 272 Å². The number of methoxy groups -OCH3 is 1. The standard InChI is InChI=1S/C34H38BrClN4O4/c1-5-39(6-2)19-18-38(3)30-16-13-25(17-20-41)40(31-15-12-24(36)22-27(30)31)34(43)23-11-14-29(32(21-23)44-4)37-33(42)26-9-7-8-10-28(26)35/h7-12,14-15,17,21-22,25,30H,5-6,13,16,18-19H2,1-4H3,(H,37,42). The third-order valence-corrected chi connectivity index (χ3v) is 9.09. The number of fused-ring (bicyclic) bond motifs is 1. The number of hydrogen-bond donors (Lipinski definition) is 1. The summed E-state index contributed by atoms with van der Waals surface area (Å²) in [7, 11) is 3.57. The lowest BCUT2D eigenvalue weighted by Crippen LogP contribution is -2.39. The maximum atomic E-state index is 14.3. The molecule has 2 atom stereocenters. The molecule has 1 aliphatic rings. The number of anilines is 2. The highest BCUT2D eigenvalue weighted by atomic mass is 79.9. The van der Waals surface area contributed by atoms with Crippen molar-refractivity contribution < 1.29 is 19.1 Å². The van der Waals surface area contributed by atoms with E-state index in [1.54, 1.807) is 47.4 Å². The second-order valence-electron chi connectivity index (χ2n) is 10.7. The van der Waals surface area contributed by atoms with Crippen LogP contribution in [0.25, 0.3) is 0 Å². The number of likely N-dealkylation sites (N-methyl/N-ethyl adjacent to an activating group) is 2. The first-order valence-electron chi connectivity index (χ1n) is 14.7. The molecule has 10 heteroatoms. The molecule has 2 amide bonds. The smallest absolute Gasteiger partial charge is 0.258 e. The first-order valence-corrected chi connectivity index (χ1v) is 15.9. The fraction of sp³-hybridized carbons (Fsp3) is 0.353. The molecule has 1 N–H and O–H groups in total. The number of nitrogens with one attached hydrogen (secondary N) is 1. The predicted molar refractivity (Wildman–Crippen MR) is 180 cm³/mol. The summed E-state index contributed by atoms with van der Waals surface area (Å²) < 4.78 is 6.25. The van der Waals surface area contributed by atoms with Gasteiger partial charge in [0.25, 0.3) is 11.8 Å². The molecule has 4 rings (SSSR count). The van der Waals surface area contributed by atoms with Crippen molar-refractivity contribution in [2.75, 3.05) is 50.6 Å². The van der Waals surface area contributed by atoms with Crippen LogP contribution in [-0.2, 0) is 4.79 Å². The Morgan fingerprint density at radius 3 is 2.52 bits per heavy atom. The molecule has 8 nitrogen and oxygen atoms in total. The van der Waals surface area contributed by atoms with Crippen molar-refractivity contribution in [1.82, 2.24) is 9.80 Å². The third kappa shape index (κ3) is 7.60. The van der Waals surface area contributed by atoms with E-state index >= 15 is 0 Å². The zero-order chi connectivity index (χ0) is 31.8. The number of halogens is 2. The average Bonchev–Trinajstić information content (AvgIpc) is 3.18. The first-order chi connectivity index (χ1) is 21.2. The molecule has 44 heavy (non-hydrogen) atoms. The molecule has 2 unspecified atom stereocenters. The normalized spacial score (nSPS) is 16.2. The predicted octanol–water partition coefficient (Wildman–Crippen LogP) is 6.88. The molecule has 232 valence electrons. The SMILES string of the molecule is CCN(CC)CCN(C)C1CCC(C=C=O)N(C(=O)c2ccc(NC(=O)c3ccccc3Br)c(OC)c2)c2ccc(Cl)cc21. The van der Waals surface area contributed by atoms with Crippen molar-refractivity contribution >= 4 is 56.7 Å². The Balaban J connectivity index is 1.69. The van der Waals surface area contributed by atoms with Gasteiger partial charge in [0, 0.05) is 46.0 Å². The summed E-state index contributed by atoms with van der Waals surface area (Å²) in [5.41, 5.74) is 2.86. The van der Waals surface area contributed by atoms with Crippen molar-refractivity contribution in [3.63, 3.8) is 0 Å². The molecule has 0 bridgehead atoms. The van der Waals surface area contributed by atoms with Gasteiger partial charge in [-0.05, 0) is 103 Å². The molecule has 0 saturated heterocycles. The molecule has 3 aromatic carbocycles. The molecule has 0 aliphatic carbocycles. The highest BCUT2D eigenvalue weighted by Crippen LogP contribution is 2.41. The van der Waals surface area contributed by atoms with Crippen LogP contribution in [0.2, 0.25) is 5.02 Å². The monoisotopic (exact) mass is 680 g/mol. The van der Waals surface area contributed by atoms with Gasteiger partial charge in [-0.15, -0.1) is 0 Å². The molecular weight excluding hydrogens is 644 g/mol. The van der Waals surface area contributed by atoms with Crippen molar-refractivity contribution in [2.24, 2.45) is 0 Å². The maximum Gasteiger partial charge on any atom is 0.258 e. The van der Waals surface area contributed by atoms with Gasteiger partial charge in [-0.3, -0.25) is 14.5 Å². The van der Waals surface area contributed by atoms with Crippen LogP contribution in [0.1, 0.15) is 59.0 Å². The third-order valence-electron chi connectivity index (χ3n) is 8.17. The maximum absolute atomic E-state index is 14.3. The molecule has 1 heterocycles. The van der Waals surface area contributed by atoms with Gasteiger partial charge >= 0.3 is 0 Å². The number of rotatable bonds is 11. The Morgan fingerprint density at radius 2 is 1.84 bits per heavy atom. The van der Waals surface area contributed by atoms with Crippen LogP contribution >= 0.6 is 27.5 Å². The van der Waals surface area contributed by atoms with Crippen LogP contribution in [0.4, 0.5) is 11.4 Å². The number of carbonyl (C=O) groups is 2. The van der Waals surface area contributed by atoms with Gasteiger partial charge < -0.3 is 19.9 Å². The van der Waals surface area contributed by atoms with Gasteiger partial charge in [-0.25, -0.2) is 4.79 Å². The summed E-state index contributed by atoms with van der Waals surface area (Å²) in [6.45, 7) is 8.01. The highest BCUT2D eigenvalue weighted by molar-refractivity contribution is 9.10. The molecule has 0 radical (unpaired) electrons. The second-order valence-corrected chi connectivity index (χ2v) is 12.0. The number of amides is 2. The van der Waals surface area contributed by atoms with Crippen LogP contribution in [0.15, 0.2) is 71.2 Å². The van der Waals surface area contributed by atoms with Gasteiger partial charge in [0.2, 0.25) is 0 Å². The van der Waals surface area contributed by atoms with Crippen LogP contribution in [0.5, 0.6) is 5.75 Å². The van der Waals surface area contributed by atoms with E-state index < -0.39 is 6.04 Å². The molecule has 3 aromatic rings. The minimum atomic E-state index is -0.512. The van der Waals surface area contributed by atoms with Crippen LogP contribution in [-0.4, -0.2) is 73.9 Å². The summed E-state index contributed by atoms with van der Waals surface area (Å²) in [5, 5.41) is 3.45. The highest BCUT2D eigenvalue weighted by Gasteiger charge is 2.35. The fourth-order valence-electron chi connectivity index (χ4n) is 5.65. The molecular formula is C34H38BrClN4O4. The van der Waals surface area contributed by atoms with E-state index in [4.69, 9.17) is 16.3 Å². The molecule has 1 aliphatic heterocycles. The van der Waals surface area contributed by atoms with Crippen LogP contribution in [0.3, 0.4) is 0 Å². The minimum absolute atomic E-state index is 0.0101. The van der Waals surface area contributed by atoms with Gasteiger partial charge in [0.1, 0.15) is 11.7 Å². The van der Waals surface area contributed by atoms with Crippen molar-refractivity contribution in [3.8, 4) is 5.75 Å². The average molecular weight is 682 g/mol. The van der Waals surface area contributed by atoms with Crippen LogP contribution < -0.4 is 15.0 Å². The summed E-state index contributed by atoms with van der Waals surface area (Å²) in [6, 6.07) is 17.0. The Morgan fingerprint density at radius 1 is 1.09 bits per heavy atom. The van der Waals surface area contributed by atoms with Crippen LogP contribution in [0, 0.1) is 0 Å². The largest absolute Gasteiger partial charge is 0.495 e. The van der Waals surface area contributed by atoms with E-state index in [1.165, 1.54) is 13.2 Å². The first kappa shape index (κ1) is 33.4. The van der Waals surface area contributed by atoms with Gasteiger partial charge in [-0.1, -0.05) is 37.6 Å². The lowest BCUT2D eigenvalue weighted by molar-refractivity contribution is 0.0979. The lowest BCUT2D eigenvalue weighted by Gasteiger charge is -2.32. The van der Waals surface area contributed by atoms with Crippen molar-refractivity contribution in [2.45, 2.75) is 38.8 Å². The van der Waals surface area contributed by atoms with Crippen molar-refractivity contribution in [3.05, 3.63) is 92.9 Å². The Hall–Kier alpha value is -3.46. The topological polar surface area (TPSA) is 82.2 Å². The molecule has 0 aromatic heterocycles. The van der Waals surface area contributed by atoms with E-state index in [0.29, 0.717) is 44.2 Å². The number of nitrogens with zero attached hydrogens (tertiary/aromatic N) is 3. The molecule has 0 saturated carbocycles. The van der Waals surface area contributed by atoms with Gasteiger partial charge in [0.15, 0.2) is 0 Å². The summed E-state index contributed by atoms with van der Waals surface area (Å²) in [5.74, 6) is 1.63. The summed E-state index contributed by atoms with van der Waals surface area (Å²) in [6.07, 6.45) is 2.70. The summed E-state index contributed by atoms with van der Waals surface area (Å²) >= 11 is 9.92. The van der Waals surface area contributed by atoms with E-state index in [0.717, 1.165) is 38.2 Å². The Kier molecular flexibility index (Phi) is 11.8. The summed E-state index contributed by atoms with van der Waals surface area (Å²) in [4.78, 5) is 45.3. The van der Waals surface area contributed by atoms with E-state index in [1.807, 2.05) is 24.1 Å². The number of hydrogen-bond acceptors (Lipinski definition) is 6. The zero-order valence-electron chi connectivity index (χ0n) is 25.5. The quantitative estimate of drug-likeness (QED) is 0.223. The fourth-order valence-corrected chi connectivity index (χ4v) is 6.30. The van der Waals surface area contributed by atoms with Gasteiger partial charge in [0.05, 0.1) is 24.4 Å². The second kappa shape index (κ2) is 15.5. The van der Waals surface area contributed by atoms with E-state index in [2.05, 4.69) is 51.9 Å². The minimum Gasteiger partial charge on any atom is -0.495 e. The zero-order valence-corrected chi connectivity index (χ0v) is 27.8. The van der Waals surface area contributed by atoms with E-state index in [-0.39, 0.29) is 17.9 Å². The lowest BCUT2D eigenvalue weighted by atomic mass is 9.99. The number of ether oxygens (including phenoxy) is 1. The number of benzene rings is 3. The molecule has 0 spiro atoms. The number of carbonyl (C=O) groups excluding carboxylic acids is 3. The molecule has 0 fully saturated rings. The Bertz CT molecular complexity index is 1540. The van der Waals surface area contributed by atoms with E-state index in [9.17, 15) is 14.4 Å². The van der Waals surface area contributed by atoms with Crippen molar-refractivity contribution in [1.29, 1.82) is 0 Å².